The number of fused-ring (bicyclic) bond motifs is 1. The van der Waals surface area contributed by atoms with Gasteiger partial charge in [0.2, 0.25) is 0 Å². The quantitative estimate of drug-likeness (QED) is 0.212. The van der Waals surface area contributed by atoms with Crippen LogP contribution in [0.5, 0.6) is 5.75 Å². The van der Waals surface area contributed by atoms with E-state index in [1.807, 2.05) is 12.1 Å². The number of benzene rings is 4. The maximum absolute atomic E-state index is 13.3. The monoisotopic (exact) mass is 504 g/mol. The van der Waals surface area contributed by atoms with Gasteiger partial charge in [0, 0.05) is 17.7 Å². The van der Waals surface area contributed by atoms with Gasteiger partial charge in [-0.1, -0.05) is 54.6 Å². The zero-order valence-corrected chi connectivity index (χ0v) is 19.5. The molecular weight excluding hydrogens is 484 g/mol. The molecule has 2 N–H and O–H groups in total. The van der Waals surface area contributed by atoms with E-state index in [9.17, 15) is 28.4 Å². The molecule has 1 amide bonds. The topological polar surface area (TPSA) is 142 Å². The van der Waals surface area contributed by atoms with Crippen LogP contribution in [-0.4, -0.2) is 37.1 Å². The molecule has 0 fully saturated rings. The molecule has 4 aromatic rings. The van der Waals surface area contributed by atoms with Crippen molar-refractivity contribution in [1.29, 1.82) is 0 Å². The van der Waals surface area contributed by atoms with E-state index in [4.69, 9.17) is 0 Å². The number of hydrazone groups is 1. The molecule has 0 heterocycles. The molecule has 0 atom stereocenters. The molecule has 11 heteroatoms. The highest BCUT2D eigenvalue weighted by Crippen LogP contribution is 2.27. The highest BCUT2D eigenvalue weighted by atomic mass is 32.2. The fourth-order valence-electron chi connectivity index (χ4n) is 3.55. The Hall–Kier alpha value is -4.77. The smallest absolute Gasteiger partial charge is 0.271 e. The number of anilines is 1. The molecule has 0 unspecified atom stereocenters. The molecule has 4 aromatic carbocycles. The van der Waals surface area contributed by atoms with Gasteiger partial charge in [-0.05, 0) is 35.0 Å². The third-order valence-corrected chi connectivity index (χ3v) is 7.07. The van der Waals surface area contributed by atoms with Gasteiger partial charge in [0.1, 0.15) is 12.3 Å². The molecule has 0 spiro atoms. The van der Waals surface area contributed by atoms with E-state index in [-0.39, 0.29) is 22.0 Å². The number of nitro benzene ring substituents is 1. The van der Waals surface area contributed by atoms with Gasteiger partial charge in [0.05, 0.1) is 21.7 Å². The SMILES string of the molecule is O=C(CN(c1cccc([N+](=O)[O-])c1)S(=O)(=O)c1ccccc1)NN=Cc1c(O)ccc2ccccc12. The third-order valence-electron chi connectivity index (χ3n) is 5.28. The van der Waals surface area contributed by atoms with Crippen LogP contribution in [-0.2, 0) is 14.8 Å². The molecule has 0 aliphatic carbocycles. The van der Waals surface area contributed by atoms with E-state index in [1.165, 1.54) is 54.7 Å². The van der Waals surface area contributed by atoms with E-state index in [0.29, 0.717) is 10.9 Å². The number of nitrogens with one attached hydrogen (secondary N) is 1. The number of phenolic OH excluding ortho intramolecular Hbond substituents is 1. The summed E-state index contributed by atoms with van der Waals surface area (Å²) in [7, 11) is -4.25. The number of aromatic hydroxyl groups is 1. The number of carbonyl (C=O) groups excluding carboxylic acids is 1. The lowest BCUT2D eigenvalue weighted by atomic mass is 10.0. The van der Waals surface area contributed by atoms with Gasteiger partial charge in [-0.25, -0.2) is 13.8 Å². The first-order valence-electron chi connectivity index (χ1n) is 10.6. The number of rotatable bonds is 8. The normalized spacial score (nSPS) is 11.4. The predicted octanol–water partition coefficient (Wildman–Crippen LogP) is 3.80. The standard InChI is InChI=1S/C25H20N4O6S/c30-24-14-13-18-7-4-5-12-22(18)23(24)16-26-27-25(31)17-28(19-8-6-9-20(15-19)29(32)33)36(34,35)21-10-2-1-3-11-21/h1-16,30H,17H2,(H,27,31). The van der Waals surface area contributed by atoms with Crippen LogP contribution in [0.15, 0.2) is 101 Å². The van der Waals surface area contributed by atoms with Gasteiger partial charge < -0.3 is 5.11 Å². The van der Waals surface area contributed by atoms with Gasteiger partial charge in [0.25, 0.3) is 21.6 Å². The van der Waals surface area contributed by atoms with Crippen molar-refractivity contribution in [2.75, 3.05) is 10.8 Å². The van der Waals surface area contributed by atoms with Crippen LogP contribution in [0.1, 0.15) is 5.56 Å². The average molecular weight is 505 g/mol. The Morgan fingerprint density at radius 2 is 1.72 bits per heavy atom. The Morgan fingerprint density at radius 3 is 2.47 bits per heavy atom. The number of non-ortho nitro benzene ring substituents is 1. The van der Waals surface area contributed by atoms with E-state index >= 15 is 0 Å². The fourth-order valence-corrected chi connectivity index (χ4v) is 4.98. The molecule has 0 aromatic heterocycles. The maximum atomic E-state index is 13.3. The van der Waals surface area contributed by atoms with Crippen LogP contribution in [0.2, 0.25) is 0 Å². The summed E-state index contributed by atoms with van der Waals surface area (Å²) < 4.78 is 27.5. The van der Waals surface area contributed by atoms with Crippen LogP contribution >= 0.6 is 0 Å². The Balaban J connectivity index is 1.62. The summed E-state index contributed by atoms with van der Waals surface area (Å²) in [5.74, 6) is -0.839. The summed E-state index contributed by atoms with van der Waals surface area (Å²) in [5, 5.41) is 26.9. The first kappa shape index (κ1) is 24.4. The zero-order valence-electron chi connectivity index (χ0n) is 18.7. The van der Waals surface area contributed by atoms with Crippen molar-refractivity contribution < 1.29 is 23.2 Å². The van der Waals surface area contributed by atoms with Crippen molar-refractivity contribution in [3.8, 4) is 5.75 Å². The van der Waals surface area contributed by atoms with Crippen molar-refractivity contribution in [3.05, 3.63) is 107 Å². The molecule has 36 heavy (non-hydrogen) atoms. The summed E-state index contributed by atoms with van der Waals surface area (Å²) in [6.45, 7) is -0.697. The Morgan fingerprint density at radius 1 is 1.00 bits per heavy atom. The molecule has 0 saturated carbocycles. The van der Waals surface area contributed by atoms with Crippen LogP contribution < -0.4 is 9.73 Å². The lowest BCUT2D eigenvalue weighted by Crippen LogP contribution is -2.39. The van der Waals surface area contributed by atoms with Crippen LogP contribution in [0.25, 0.3) is 10.8 Å². The predicted molar refractivity (Wildman–Crippen MR) is 135 cm³/mol. The van der Waals surface area contributed by atoms with Crippen molar-refractivity contribution in [1.82, 2.24) is 5.43 Å². The van der Waals surface area contributed by atoms with E-state index in [1.54, 1.807) is 24.3 Å². The second kappa shape index (κ2) is 10.2. The average Bonchev–Trinajstić information content (AvgIpc) is 2.89. The van der Waals surface area contributed by atoms with Gasteiger partial charge in [-0.3, -0.25) is 19.2 Å². The summed E-state index contributed by atoms with van der Waals surface area (Å²) in [6, 6.07) is 22.9. The van der Waals surface area contributed by atoms with Crippen LogP contribution in [0, 0.1) is 10.1 Å². The summed E-state index contributed by atoms with van der Waals surface area (Å²) in [6.07, 6.45) is 1.26. The van der Waals surface area contributed by atoms with Crippen LogP contribution in [0.3, 0.4) is 0 Å². The molecule has 4 rings (SSSR count). The number of nitrogens with zero attached hydrogens (tertiary/aromatic N) is 3. The van der Waals surface area contributed by atoms with Gasteiger partial charge >= 0.3 is 0 Å². The number of carbonyl (C=O) groups is 1. The molecule has 0 aliphatic rings. The largest absolute Gasteiger partial charge is 0.507 e. The van der Waals surface area contributed by atoms with Gasteiger partial charge in [-0.15, -0.1) is 0 Å². The number of nitro groups is 1. The summed E-state index contributed by atoms with van der Waals surface area (Å²) in [4.78, 5) is 23.2. The van der Waals surface area contributed by atoms with Crippen molar-refractivity contribution in [3.63, 3.8) is 0 Å². The molecule has 0 aliphatic heterocycles. The van der Waals surface area contributed by atoms with Crippen molar-refractivity contribution in [2.45, 2.75) is 4.90 Å². The molecule has 0 saturated heterocycles. The highest BCUT2D eigenvalue weighted by Gasteiger charge is 2.28. The minimum Gasteiger partial charge on any atom is -0.507 e. The molecule has 0 radical (unpaired) electrons. The third kappa shape index (κ3) is 5.15. The lowest BCUT2D eigenvalue weighted by Gasteiger charge is -2.23. The van der Waals surface area contributed by atoms with E-state index in [2.05, 4.69) is 10.5 Å². The number of hydrogen-bond acceptors (Lipinski definition) is 7. The molecular formula is C25H20N4O6S. The number of phenols is 1. The van der Waals surface area contributed by atoms with Crippen molar-refractivity contribution >= 4 is 44.3 Å². The Labute approximate surface area is 206 Å². The van der Waals surface area contributed by atoms with Gasteiger partial charge in [-0.2, -0.15) is 5.10 Å². The second-order valence-electron chi connectivity index (χ2n) is 7.61. The van der Waals surface area contributed by atoms with E-state index in [0.717, 1.165) is 15.8 Å². The Bertz CT molecular complexity index is 1570. The highest BCUT2D eigenvalue weighted by molar-refractivity contribution is 7.92. The fraction of sp³-hybridized carbons (Fsp3) is 0.0400. The number of sulfonamides is 1. The molecule has 182 valence electrons. The maximum Gasteiger partial charge on any atom is 0.271 e. The first-order chi connectivity index (χ1) is 17.3. The van der Waals surface area contributed by atoms with Crippen molar-refractivity contribution in [2.24, 2.45) is 5.10 Å². The molecule has 10 nitrogen and oxygen atoms in total. The lowest BCUT2D eigenvalue weighted by molar-refractivity contribution is -0.384. The summed E-state index contributed by atoms with van der Waals surface area (Å²) in [5.41, 5.74) is 2.25. The van der Waals surface area contributed by atoms with Gasteiger partial charge in [0.15, 0.2) is 0 Å². The van der Waals surface area contributed by atoms with Crippen LogP contribution in [0.4, 0.5) is 11.4 Å². The number of amides is 1. The number of hydrogen-bond donors (Lipinski definition) is 2. The Kier molecular flexibility index (Phi) is 6.93. The first-order valence-corrected chi connectivity index (χ1v) is 12.1. The minimum absolute atomic E-state index is 0.0448. The minimum atomic E-state index is -4.25. The van der Waals surface area contributed by atoms with E-state index < -0.39 is 27.4 Å². The second-order valence-corrected chi connectivity index (χ2v) is 9.48. The zero-order chi connectivity index (χ0) is 25.7. The summed E-state index contributed by atoms with van der Waals surface area (Å²) >= 11 is 0. The molecule has 0 bridgehead atoms.